The summed E-state index contributed by atoms with van der Waals surface area (Å²) >= 11 is 0. The molecule has 74 valence electrons. The summed E-state index contributed by atoms with van der Waals surface area (Å²) in [5.74, 6) is 0. The highest BCUT2D eigenvalue weighted by molar-refractivity contribution is 5.85. The molecule has 0 aliphatic rings. The van der Waals surface area contributed by atoms with E-state index in [-0.39, 0.29) is 23.9 Å². The van der Waals surface area contributed by atoms with Gasteiger partial charge in [0, 0.05) is 18.4 Å². The molecule has 0 aromatic carbocycles. The van der Waals surface area contributed by atoms with Gasteiger partial charge in [0.2, 0.25) is 0 Å². The van der Waals surface area contributed by atoms with Crippen molar-refractivity contribution in [1.82, 2.24) is 4.98 Å². The van der Waals surface area contributed by atoms with E-state index in [0.717, 1.165) is 5.56 Å². The average Bonchev–Trinajstić information content (AvgIpc) is 2.03. The predicted octanol–water partition coefficient (Wildman–Crippen LogP) is 2.55. The van der Waals surface area contributed by atoms with Gasteiger partial charge in [0.1, 0.15) is 0 Å². The molecule has 2 N–H and O–H groups in total. The quantitative estimate of drug-likeness (QED) is 0.757. The molecule has 0 saturated carbocycles. The van der Waals surface area contributed by atoms with Crippen molar-refractivity contribution in [2.75, 3.05) is 0 Å². The molecular weight excluding hydrogens is 184 g/mol. The SMILES string of the molecule is CC(C)(C)[C@@H](N)c1ccncc1.Cl. The van der Waals surface area contributed by atoms with Gasteiger partial charge >= 0.3 is 0 Å². The van der Waals surface area contributed by atoms with Crippen LogP contribution in [-0.4, -0.2) is 4.98 Å². The fourth-order valence-corrected chi connectivity index (χ4v) is 1.07. The minimum absolute atomic E-state index is 0. The first kappa shape index (κ1) is 12.4. The van der Waals surface area contributed by atoms with Crippen LogP contribution in [0.4, 0.5) is 0 Å². The topological polar surface area (TPSA) is 38.9 Å². The molecule has 2 nitrogen and oxygen atoms in total. The van der Waals surface area contributed by atoms with Gasteiger partial charge in [-0.15, -0.1) is 12.4 Å². The first-order valence-electron chi connectivity index (χ1n) is 4.17. The van der Waals surface area contributed by atoms with Crippen LogP contribution in [0.1, 0.15) is 32.4 Å². The minimum Gasteiger partial charge on any atom is -0.324 e. The summed E-state index contributed by atoms with van der Waals surface area (Å²) in [5, 5.41) is 0. The molecule has 0 amide bonds. The van der Waals surface area contributed by atoms with Gasteiger partial charge in [-0.05, 0) is 23.1 Å². The first-order valence-corrected chi connectivity index (χ1v) is 4.17. The molecule has 0 radical (unpaired) electrons. The zero-order chi connectivity index (χ0) is 9.19. The number of nitrogens with zero attached hydrogens (tertiary/aromatic N) is 1. The Labute approximate surface area is 86.0 Å². The maximum absolute atomic E-state index is 6.04. The summed E-state index contributed by atoms with van der Waals surface area (Å²) in [7, 11) is 0. The lowest BCUT2D eigenvalue weighted by atomic mass is 9.83. The number of pyridine rings is 1. The highest BCUT2D eigenvalue weighted by Crippen LogP contribution is 2.29. The Bertz CT molecular complexity index is 241. The fourth-order valence-electron chi connectivity index (χ4n) is 1.07. The maximum Gasteiger partial charge on any atom is 0.0345 e. The summed E-state index contributed by atoms with van der Waals surface area (Å²) in [5.41, 5.74) is 7.31. The van der Waals surface area contributed by atoms with Gasteiger partial charge in [0.15, 0.2) is 0 Å². The van der Waals surface area contributed by atoms with E-state index in [1.54, 1.807) is 12.4 Å². The van der Waals surface area contributed by atoms with E-state index in [4.69, 9.17) is 5.73 Å². The molecule has 1 atom stereocenters. The second-order valence-corrected chi connectivity index (χ2v) is 4.12. The maximum atomic E-state index is 6.04. The molecule has 1 aromatic heterocycles. The number of halogens is 1. The molecule has 0 fully saturated rings. The predicted molar refractivity (Wildman–Crippen MR) is 57.9 cm³/mol. The zero-order valence-electron chi connectivity index (χ0n) is 8.32. The standard InChI is InChI=1S/C10H16N2.ClH/c1-10(2,3)9(11)8-4-6-12-7-5-8;/h4-7,9H,11H2,1-3H3;1H/t9-;/m0./s1. The van der Waals surface area contributed by atoms with Crippen LogP contribution in [0.2, 0.25) is 0 Å². The smallest absolute Gasteiger partial charge is 0.0345 e. The Hall–Kier alpha value is -0.600. The summed E-state index contributed by atoms with van der Waals surface area (Å²) in [6.07, 6.45) is 3.56. The van der Waals surface area contributed by atoms with E-state index in [0.29, 0.717) is 0 Å². The van der Waals surface area contributed by atoms with Crippen molar-refractivity contribution in [1.29, 1.82) is 0 Å². The van der Waals surface area contributed by atoms with Crippen LogP contribution in [-0.2, 0) is 0 Å². The summed E-state index contributed by atoms with van der Waals surface area (Å²) in [6, 6.07) is 4.02. The molecule has 13 heavy (non-hydrogen) atoms. The van der Waals surface area contributed by atoms with E-state index in [9.17, 15) is 0 Å². The van der Waals surface area contributed by atoms with Crippen molar-refractivity contribution < 1.29 is 0 Å². The van der Waals surface area contributed by atoms with Crippen LogP contribution in [0, 0.1) is 5.41 Å². The molecular formula is C10H17ClN2. The van der Waals surface area contributed by atoms with Gasteiger partial charge in [-0.2, -0.15) is 0 Å². The van der Waals surface area contributed by atoms with Crippen molar-refractivity contribution in [3.05, 3.63) is 30.1 Å². The fraction of sp³-hybridized carbons (Fsp3) is 0.500. The van der Waals surface area contributed by atoms with Gasteiger partial charge in [0.05, 0.1) is 0 Å². The molecule has 0 unspecified atom stereocenters. The number of rotatable bonds is 1. The van der Waals surface area contributed by atoms with E-state index in [1.807, 2.05) is 12.1 Å². The second kappa shape index (κ2) is 4.58. The van der Waals surface area contributed by atoms with E-state index < -0.39 is 0 Å². The molecule has 0 bridgehead atoms. The van der Waals surface area contributed by atoms with E-state index in [1.165, 1.54) is 0 Å². The van der Waals surface area contributed by atoms with Gasteiger partial charge in [-0.3, -0.25) is 4.98 Å². The van der Waals surface area contributed by atoms with Crippen molar-refractivity contribution in [3.63, 3.8) is 0 Å². The third kappa shape index (κ3) is 3.33. The molecule has 1 rings (SSSR count). The molecule has 0 aliphatic heterocycles. The van der Waals surface area contributed by atoms with Crippen LogP contribution in [0.25, 0.3) is 0 Å². The lowest BCUT2D eigenvalue weighted by Crippen LogP contribution is -2.26. The Morgan fingerprint density at radius 2 is 1.69 bits per heavy atom. The van der Waals surface area contributed by atoms with Crippen molar-refractivity contribution in [2.24, 2.45) is 11.1 Å². The molecule has 1 aromatic rings. The summed E-state index contributed by atoms with van der Waals surface area (Å²) < 4.78 is 0. The van der Waals surface area contributed by atoms with Gasteiger partial charge in [-0.1, -0.05) is 20.8 Å². The largest absolute Gasteiger partial charge is 0.324 e. The van der Waals surface area contributed by atoms with Crippen LogP contribution in [0.15, 0.2) is 24.5 Å². The van der Waals surface area contributed by atoms with Crippen molar-refractivity contribution in [3.8, 4) is 0 Å². The summed E-state index contributed by atoms with van der Waals surface area (Å²) in [4.78, 5) is 3.95. The average molecular weight is 201 g/mol. The molecule has 1 heterocycles. The van der Waals surface area contributed by atoms with Gasteiger partial charge in [0.25, 0.3) is 0 Å². The Morgan fingerprint density at radius 1 is 1.23 bits per heavy atom. The van der Waals surface area contributed by atoms with Crippen LogP contribution in [0.3, 0.4) is 0 Å². The van der Waals surface area contributed by atoms with Crippen LogP contribution >= 0.6 is 12.4 Å². The van der Waals surface area contributed by atoms with Crippen molar-refractivity contribution in [2.45, 2.75) is 26.8 Å². The molecule has 0 aliphatic carbocycles. The Balaban J connectivity index is 0.00000144. The lowest BCUT2D eigenvalue weighted by molar-refractivity contribution is 0.327. The molecule has 0 spiro atoms. The van der Waals surface area contributed by atoms with E-state index in [2.05, 4.69) is 25.8 Å². The third-order valence-electron chi connectivity index (χ3n) is 2.00. The number of hydrogen-bond acceptors (Lipinski definition) is 2. The van der Waals surface area contributed by atoms with Gasteiger partial charge in [-0.25, -0.2) is 0 Å². The lowest BCUT2D eigenvalue weighted by Gasteiger charge is -2.27. The van der Waals surface area contributed by atoms with Crippen LogP contribution < -0.4 is 5.73 Å². The normalized spacial score (nSPS) is 13.2. The second-order valence-electron chi connectivity index (χ2n) is 4.12. The molecule has 3 heteroatoms. The Morgan fingerprint density at radius 3 is 2.08 bits per heavy atom. The number of hydrogen-bond donors (Lipinski definition) is 1. The van der Waals surface area contributed by atoms with Gasteiger partial charge < -0.3 is 5.73 Å². The highest BCUT2D eigenvalue weighted by atomic mass is 35.5. The summed E-state index contributed by atoms with van der Waals surface area (Å²) in [6.45, 7) is 6.41. The highest BCUT2D eigenvalue weighted by Gasteiger charge is 2.21. The Kier molecular flexibility index (Phi) is 4.37. The van der Waals surface area contributed by atoms with E-state index >= 15 is 0 Å². The third-order valence-corrected chi connectivity index (χ3v) is 2.00. The van der Waals surface area contributed by atoms with Crippen LogP contribution in [0.5, 0.6) is 0 Å². The zero-order valence-corrected chi connectivity index (χ0v) is 9.14. The molecule has 0 saturated heterocycles. The minimum atomic E-state index is 0. The first-order chi connectivity index (χ1) is 5.52. The number of nitrogens with two attached hydrogens (primary N) is 1. The van der Waals surface area contributed by atoms with Crippen molar-refractivity contribution >= 4 is 12.4 Å². The number of aromatic nitrogens is 1. The monoisotopic (exact) mass is 200 g/mol.